The molecule has 0 radical (unpaired) electrons. The van der Waals surface area contributed by atoms with Gasteiger partial charge in [0.05, 0.1) is 10.7 Å². The SMILES string of the molecule is CCN(CC1CC1)c1sc(C#N)c(N)c1C1CC1. The van der Waals surface area contributed by atoms with Crippen molar-refractivity contribution in [2.45, 2.75) is 38.5 Å². The normalized spacial score (nSPS) is 18.7. The molecule has 0 atom stereocenters. The molecule has 1 heterocycles. The van der Waals surface area contributed by atoms with Gasteiger partial charge in [0.15, 0.2) is 0 Å². The molecule has 0 amide bonds. The van der Waals surface area contributed by atoms with Crippen molar-refractivity contribution in [1.29, 1.82) is 5.26 Å². The van der Waals surface area contributed by atoms with E-state index in [9.17, 15) is 0 Å². The summed E-state index contributed by atoms with van der Waals surface area (Å²) in [5, 5.41) is 10.4. The van der Waals surface area contributed by atoms with Crippen LogP contribution in [0.25, 0.3) is 0 Å². The maximum absolute atomic E-state index is 9.17. The Bertz CT molecular complexity index is 492. The van der Waals surface area contributed by atoms with Crippen LogP contribution < -0.4 is 10.6 Å². The summed E-state index contributed by atoms with van der Waals surface area (Å²) in [7, 11) is 0. The molecule has 1 aromatic heterocycles. The van der Waals surface area contributed by atoms with E-state index in [2.05, 4.69) is 17.9 Å². The summed E-state index contributed by atoms with van der Waals surface area (Å²) >= 11 is 1.60. The first-order chi connectivity index (χ1) is 8.74. The quantitative estimate of drug-likeness (QED) is 0.884. The van der Waals surface area contributed by atoms with Crippen molar-refractivity contribution >= 4 is 22.0 Å². The highest BCUT2D eigenvalue weighted by Gasteiger charge is 2.34. The maximum atomic E-state index is 9.17. The summed E-state index contributed by atoms with van der Waals surface area (Å²) in [6.07, 6.45) is 5.20. The number of hydrogen-bond donors (Lipinski definition) is 1. The smallest absolute Gasteiger partial charge is 0.130 e. The fraction of sp³-hybridized carbons (Fsp3) is 0.643. The Morgan fingerprint density at radius 1 is 1.39 bits per heavy atom. The van der Waals surface area contributed by atoms with Gasteiger partial charge in [-0.1, -0.05) is 0 Å². The van der Waals surface area contributed by atoms with Crippen LogP contribution in [0.5, 0.6) is 0 Å². The number of nitrogens with two attached hydrogens (primary N) is 1. The fourth-order valence-corrected chi connectivity index (χ4v) is 3.67. The van der Waals surface area contributed by atoms with Crippen molar-refractivity contribution in [1.82, 2.24) is 0 Å². The Morgan fingerprint density at radius 3 is 2.61 bits per heavy atom. The lowest BCUT2D eigenvalue weighted by Gasteiger charge is -2.23. The predicted octanol–water partition coefficient (Wildman–Crippen LogP) is 3.32. The van der Waals surface area contributed by atoms with Gasteiger partial charge in [-0.05, 0) is 44.4 Å². The molecule has 1 aromatic rings. The second-order valence-electron chi connectivity index (χ2n) is 5.43. The molecule has 0 spiro atoms. The third kappa shape index (κ3) is 2.08. The summed E-state index contributed by atoms with van der Waals surface area (Å²) in [6, 6.07) is 2.25. The van der Waals surface area contributed by atoms with Gasteiger partial charge in [-0.25, -0.2) is 0 Å². The lowest BCUT2D eigenvalue weighted by atomic mass is 10.1. The van der Waals surface area contributed by atoms with Crippen molar-refractivity contribution in [2.24, 2.45) is 5.92 Å². The van der Waals surface area contributed by atoms with E-state index in [4.69, 9.17) is 11.0 Å². The average molecular weight is 261 g/mol. The zero-order valence-corrected chi connectivity index (χ0v) is 11.6. The molecule has 0 aromatic carbocycles. The first-order valence-electron chi connectivity index (χ1n) is 6.81. The van der Waals surface area contributed by atoms with Crippen LogP contribution in [-0.4, -0.2) is 13.1 Å². The lowest BCUT2D eigenvalue weighted by Crippen LogP contribution is -2.25. The topological polar surface area (TPSA) is 53.0 Å². The summed E-state index contributed by atoms with van der Waals surface area (Å²) in [6.45, 7) is 4.35. The zero-order chi connectivity index (χ0) is 12.7. The molecule has 0 bridgehead atoms. The Balaban J connectivity index is 1.95. The molecule has 2 saturated carbocycles. The van der Waals surface area contributed by atoms with Gasteiger partial charge in [-0.2, -0.15) is 5.26 Å². The maximum Gasteiger partial charge on any atom is 0.130 e. The number of thiophene rings is 1. The summed E-state index contributed by atoms with van der Waals surface area (Å²) in [4.78, 5) is 3.15. The molecule has 2 fully saturated rings. The molecule has 0 aliphatic heterocycles. The third-order valence-corrected chi connectivity index (χ3v) is 5.08. The van der Waals surface area contributed by atoms with Crippen LogP contribution >= 0.6 is 11.3 Å². The Hall–Kier alpha value is -1.21. The second-order valence-corrected chi connectivity index (χ2v) is 6.43. The van der Waals surface area contributed by atoms with E-state index in [0.29, 0.717) is 10.8 Å². The summed E-state index contributed by atoms with van der Waals surface area (Å²) < 4.78 is 0. The number of rotatable bonds is 5. The van der Waals surface area contributed by atoms with Gasteiger partial charge in [-0.15, -0.1) is 11.3 Å². The minimum atomic E-state index is 0.617. The van der Waals surface area contributed by atoms with Gasteiger partial charge in [0, 0.05) is 18.7 Å². The van der Waals surface area contributed by atoms with Gasteiger partial charge in [0.25, 0.3) is 0 Å². The molecule has 2 aliphatic rings. The van der Waals surface area contributed by atoms with Crippen molar-refractivity contribution in [3.8, 4) is 6.07 Å². The van der Waals surface area contributed by atoms with E-state index in [1.165, 1.54) is 36.2 Å². The third-order valence-electron chi connectivity index (χ3n) is 3.90. The second kappa shape index (κ2) is 4.47. The van der Waals surface area contributed by atoms with Crippen LogP contribution in [0.4, 0.5) is 10.7 Å². The van der Waals surface area contributed by atoms with E-state index >= 15 is 0 Å². The summed E-state index contributed by atoms with van der Waals surface area (Å²) in [5.41, 5.74) is 8.19. The van der Waals surface area contributed by atoms with Crippen LogP contribution in [-0.2, 0) is 0 Å². The van der Waals surface area contributed by atoms with Crippen molar-refractivity contribution in [3.63, 3.8) is 0 Å². The number of hydrogen-bond acceptors (Lipinski definition) is 4. The van der Waals surface area contributed by atoms with Gasteiger partial charge >= 0.3 is 0 Å². The van der Waals surface area contributed by atoms with Crippen LogP contribution in [0.15, 0.2) is 0 Å². The highest BCUT2D eigenvalue weighted by atomic mass is 32.1. The number of nitriles is 1. The van der Waals surface area contributed by atoms with Crippen molar-refractivity contribution in [2.75, 3.05) is 23.7 Å². The van der Waals surface area contributed by atoms with Crippen LogP contribution in [0.3, 0.4) is 0 Å². The van der Waals surface area contributed by atoms with Crippen molar-refractivity contribution < 1.29 is 0 Å². The zero-order valence-electron chi connectivity index (χ0n) is 10.8. The van der Waals surface area contributed by atoms with Gasteiger partial charge in [-0.3, -0.25) is 0 Å². The van der Waals surface area contributed by atoms with Crippen molar-refractivity contribution in [3.05, 3.63) is 10.4 Å². The molecule has 3 nitrogen and oxygen atoms in total. The van der Waals surface area contributed by atoms with E-state index in [-0.39, 0.29) is 0 Å². The Labute approximate surface area is 112 Å². The van der Waals surface area contributed by atoms with Gasteiger partial charge in [0.1, 0.15) is 10.9 Å². The standard InChI is InChI=1S/C14H19N3S/c1-2-17(8-9-3-4-9)14-12(10-5-6-10)13(16)11(7-15)18-14/h9-10H,2-6,8,16H2,1H3. The van der Waals surface area contributed by atoms with E-state index in [0.717, 1.165) is 24.7 Å². The molecule has 4 heteroatoms. The molecule has 0 saturated heterocycles. The first kappa shape index (κ1) is 11.9. The predicted molar refractivity (Wildman–Crippen MR) is 76.0 cm³/mol. The molecule has 2 N–H and O–H groups in total. The van der Waals surface area contributed by atoms with Crippen LogP contribution in [0.1, 0.15) is 49.0 Å². The fourth-order valence-electron chi connectivity index (χ4n) is 2.50. The molecule has 2 aliphatic carbocycles. The number of nitrogens with zero attached hydrogens (tertiary/aromatic N) is 2. The highest BCUT2D eigenvalue weighted by molar-refractivity contribution is 7.17. The van der Waals surface area contributed by atoms with E-state index < -0.39 is 0 Å². The van der Waals surface area contributed by atoms with Crippen LogP contribution in [0, 0.1) is 17.2 Å². The lowest BCUT2D eigenvalue weighted by molar-refractivity contribution is 0.744. The molecule has 0 unspecified atom stereocenters. The molecular weight excluding hydrogens is 242 g/mol. The molecule has 96 valence electrons. The molecule has 3 rings (SSSR count). The first-order valence-corrected chi connectivity index (χ1v) is 7.63. The Kier molecular flexibility index (Phi) is 2.95. The minimum Gasteiger partial charge on any atom is -0.397 e. The Morgan fingerprint density at radius 2 is 2.11 bits per heavy atom. The monoisotopic (exact) mass is 261 g/mol. The largest absolute Gasteiger partial charge is 0.397 e. The van der Waals surface area contributed by atoms with Crippen LogP contribution in [0.2, 0.25) is 0 Å². The minimum absolute atomic E-state index is 0.617. The van der Waals surface area contributed by atoms with E-state index in [1.54, 1.807) is 11.3 Å². The summed E-state index contributed by atoms with van der Waals surface area (Å²) in [5.74, 6) is 1.48. The van der Waals surface area contributed by atoms with E-state index in [1.807, 2.05) is 0 Å². The molecular formula is C14H19N3S. The van der Waals surface area contributed by atoms with Gasteiger partial charge < -0.3 is 10.6 Å². The highest BCUT2D eigenvalue weighted by Crippen LogP contribution is 2.52. The average Bonchev–Trinajstić information content (AvgIpc) is 3.26. The number of anilines is 2. The molecule has 18 heavy (non-hydrogen) atoms. The number of nitrogen functional groups attached to an aromatic ring is 1. The van der Waals surface area contributed by atoms with Gasteiger partial charge in [0.2, 0.25) is 0 Å².